The van der Waals surface area contributed by atoms with Gasteiger partial charge in [0.15, 0.2) is 0 Å². The van der Waals surface area contributed by atoms with Gasteiger partial charge in [0.2, 0.25) is 0 Å². The topological polar surface area (TPSA) is 38.0 Å². The number of rotatable bonds is 3. The van der Waals surface area contributed by atoms with Crippen LogP contribution in [0.25, 0.3) is 10.1 Å². The summed E-state index contributed by atoms with van der Waals surface area (Å²) < 4.78 is 14.3. The molecule has 0 fully saturated rings. The van der Waals surface area contributed by atoms with Gasteiger partial charge in [-0.05, 0) is 42.1 Å². The number of halogens is 1. The molecular weight excluding hydrogens is 271 g/mol. The molecule has 0 radical (unpaired) electrons. The maximum Gasteiger partial charge on any atom is 0.123 e. The first-order valence-electron chi connectivity index (χ1n) is 6.39. The Labute approximate surface area is 121 Å². The van der Waals surface area contributed by atoms with Crippen LogP contribution in [0.15, 0.2) is 48.5 Å². The van der Waals surface area contributed by atoms with Gasteiger partial charge in [0.1, 0.15) is 5.82 Å². The van der Waals surface area contributed by atoms with E-state index in [0.29, 0.717) is 0 Å². The van der Waals surface area contributed by atoms with Crippen molar-refractivity contribution in [2.75, 3.05) is 0 Å². The largest absolute Gasteiger partial charge is 0.271 e. The molecule has 1 heterocycles. The molecule has 2 nitrogen and oxygen atoms in total. The fraction of sp³-hybridized carbons (Fsp3) is 0.125. The summed E-state index contributed by atoms with van der Waals surface area (Å²) in [5.74, 6) is 5.50. The monoisotopic (exact) mass is 286 g/mol. The second kappa shape index (κ2) is 5.32. The highest BCUT2D eigenvalue weighted by Crippen LogP contribution is 2.33. The predicted octanol–water partition coefficient (Wildman–Crippen LogP) is 3.90. The summed E-state index contributed by atoms with van der Waals surface area (Å²) in [6.07, 6.45) is 0. The number of nitrogens with one attached hydrogen (secondary N) is 1. The minimum absolute atomic E-state index is 0.0731. The molecule has 0 aliphatic carbocycles. The van der Waals surface area contributed by atoms with E-state index >= 15 is 0 Å². The van der Waals surface area contributed by atoms with Crippen molar-refractivity contribution in [3.8, 4) is 0 Å². The van der Waals surface area contributed by atoms with Gasteiger partial charge in [-0.1, -0.05) is 29.8 Å². The lowest BCUT2D eigenvalue weighted by Gasteiger charge is -2.14. The second-order valence-corrected chi connectivity index (χ2v) is 5.96. The van der Waals surface area contributed by atoms with Crippen LogP contribution in [0.5, 0.6) is 0 Å². The molecule has 0 spiro atoms. The zero-order valence-electron chi connectivity index (χ0n) is 11.1. The Morgan fingerprint density at radius 2 is 1.85 bits per heavy atom. The van der Waals surface area contributed by atoms with Gasteiger partial charge in [-0.3, -0.25) is 5.84 Å². The van der Waals surface area contributed by atoms with Gasteiger partial charge in [-0.25, -0.2) is 9.82 Å². The Balaban J connectivity index is 2.04. The zero-order chi connectivity index (χ0) is 14.1. The van der Waals surface area contributed by atoms with Crippen LogP contribution in [-0.2, 0) is 0 Å². The van der Waals surface area contributed by atoms with Crippen LogP contribution in [-0.4, -0.2) is 0 Å². The number of hydrogen-bond acceptors (Lipinski definition) is 3. The van der Waals surface area contributed by atoms with E-state index in [-0.39, 0.29) is 11.9 Å². The number of benzene rings is 2. The Morgan fingerprint density at radius 1 is 1.10 bits per heavy atom. The van der Waals surface area contributed by atoms with E-state index in [4.69, 9.17) is 5.84 Å². The summed E-state index contributed by atoms with van der Waals surface area (Å²) in [5.41, 5.74) is 5.16. The maximum absolute atomic E-state index is 13.3. The van der Waals surface area contributed by atoms with Crippen molar-refractivity contribution in [3.63, 3.8) is 0 Å². The predicted molar refractivity (Wildman–Crippen MR) is 82.1 cm³/mol. The first kappa shape index (κ1) is 13.2. The van der Waals surface area contributed by atoms with Gasteiger partial charge in [0.25, 0.3) is 0 Å². The second-order valence-electron chi connectivity index (χ2n) is 4.84. The van der Waals surface area contributed by atoms with Crippen LogP contribution in [0.3, 0.4) is 0 Å². The van der Waals surface area contributed by atoms with Crippen molar-refractivity contribution in [1.82, 2.24) is 5.43 Å². The average Bonchev–Trinajstić information content (AvgIpc) is 2.84. The van der Waals surface area contributed by atoms with Gasteiger partial charge in [-0.2, -0.15) is 0 Å². The van der Waals surface area contributed by atoms with E-state index in [9.17, 15) is 4.39 Å². The van der Waals surface area contributed by atoms with Gasteiger partial charge in [0, 0.05) is 9.58 Å². The molecule has 4 heteroatoms. The number of aryl methyl sites for hydroxylation is 1. The van der Waals surface area contributed by atoms with E-state index in [1.165, 1.54) is 11.6 Å². The summed E-state index contributed by atoms with van der Waals surface area (Å²) in [6.45, 7) is 2.05. The Bertz CT molecular complexity index is 734. The molecule has 20 heavy (non-hydrogen) atoms. The molecule has 1 unspecified atom stereocenters. The minimum Gasteiger partial charge on any atom is -0.271 e. The van der Waals surface area contributed by atoms with Gasteiger partial charge in [-0.15, -0.1) is 11.3 Å². The van der Waals surface area contributed by atoms with E-state index in [2.05, 4.69) is 36.6 Å². The normalized spacial score (nSPS) is 12.8. The molecule has 0 aliphatic heterocycles. The first-order chi connectivity index (χ1) is 9.67. The van der Waals surface area contributed by atoms with Crippen molar-refractivity contribution in [3.05, 3.63) is 70.4 Å². The van der Waals surface area contributed by atoms with Crippen LogP contribution in [0, 0.1) is 12.7 Å². The summed E-state index contributed by atoms with van der Waals surface area (Å²) in [6, 6.07) is 15.0. The summed E-state index contributed by atoms with van der Waals surface area (Å²) >= 11 is 1.63. The molecule has 0 bridgehead atoms. The van der Waals surface area contributed by atoms with Crippen molar-refractivity contribution in [2.45, 2.75) is 13.0 Å². The molecule has 3 aromatic rings. The smallest absolute Gasteiger partial charge is 0.123 e. The number of fused-ring (bicyclic) bond motifs is 1. The third-order valence-electron chi connectivity index (χ3n) is 3.36. The summed E-state index contributed by atoms with van der Waals surface area (Å²) in [4.78, 5) is 1.08. The standard InChI is InChI=1S/C16H15FN2S/c1-10-2-4-11(5-3-10)16(19-18)15-9-12-8-13(17)6-7-14(12)20-15/h2-9,16,19H,18H2,1H3. The van der Waals surface area contributed by atoms with E-state index < -0.39 is 0 Å². The highest BCUT2D eigenvalue weighted by Gasteiger charge is 2.15. The zero-order valence-corrected chi connectivity index (χ0v) is 11.9. The minimum atomic E-state index is -0.213. The highest BCUT2D eigenvalue weighted by molar-refractivity contribution is 7.19. The van der Waals surface area contributed by atoms with Crippen molar-refractivity contribution < 1.29 is 4.39 Å². The number of hydrazine groups is 1. The third kappa shape index (κ3) is 2.45. The molecular formula is C16H15FN2S. The molecule has 0 amide bonds. The number of hydrogen-bond donors (Lipinski definition) is 2. The lowest BCUT2D eigenvalue weighted by Crippen LogP contribution is -2.28. The molecule has 102 valence electrons. The van der Waals surface area contributed by atoms with Crippen LogP contribution in [0.1, 0.15) is 22.0 Å². The highest BCUT2D eigenvalue weighted by atomic mass is 32.1. The fourth-order valence-electron chi connectivity index (χ4n) is 2.28. The van der Waals surface area contributed by atoms with Crippen molar-refractivity contribution in [1.29, 1.82) is 0 Å². The molecule has 1 aromatic heterocycles. The van der Waals surface area contributed by atoms with Crippen LogP contribution in [0.2, 0.25) is 0 Å². The molecule has 3 rings (SSSR count). The van der Waals surface area contributed by atoms with Crippen molar-refractivity contribution >= 4 is 21.4 Å². The molecule has 0 aliphatic rings. The molecule has 0 saturated carbocycles. The summed E-state index contributed by atoms with van der Waals surface area (Å²) in [5, 5.41) is 0.914. The molecule has 0 saturated heterocycles. The number of nitrogens with two attached hydrogens (primary N) is 1. The van der Waals surface area contributed by atoms with Crippen LogP contribution >= 0.6 is 11.3 Å². The fourth-order valence-corrected chi connectivity index (χ4v) is 3.41. The lowest BCUT2D eigenvalue weighted by molar-refractivity contribution is 0.629. The molecule has 2 aromatic carbocycles. The van der Waals surface area contributed by atoms with Gasteiger partial charge >= 0.3 is 0 Å². The van der Waals surface area contributed by atoms with Gasteiger partial charge < -0.3 is 0 Å². The SMILES string of the molecule is Cc1ccc(C(NN)c2cc3cc(F)ccc3s2)cc1. The molecule has 1 atom stereocenters. The Morgan fingerprint density at radius 3 is 2.55 bits per heavy atom. The lowest BCUT2D eigenvalue weighted by atomic mass is 10.0. The summed E-state index contributed by atoms with van der Waals surface area (Å²) in [7, 11) is 0. The van der Waals surface area contributed by atoms with E-state index in [1.54, 1.807) is 17.4 Å². The quantitative estimate of drug-likeness (QED) is 0.566. The maximum atomic E-state index is 13.3. The average molecular weight is 286 g/mol. The van der Waals surface area contributed by atoms with Crippen LogP contribution in [0.4, 0.5) is 4.39 Å². The van der Waals surface area contributed by atoms with E-state index in [1.807, 2.05) is 12.1 Å². The number of thiophene rings is 1. The van der Waals surface area contributed by atoms with Crippen molar-refractivity contribution in [2.24, 2.45) is 5.84 Å². The first-order valence-corrected chi connectivity index (χ1v) is 7.21. The Kier molecular flexibility index (Phi) is 3.53. The van der Waals surface area contributed by atoms with Crippen LogP contribution < -0.4 is 11.3 Å². The van der Waals surface area contributed by atoms with E-state index in [0.717, 1.165) is 20.5 Å². The third-order valence-corrected chi connectivity index (χ3v) is 4.54. The Hall–Kier alpha value is -1.75. The molecule has 3 N–H and O–H groups in total. The van der Waals surface area contributed by atoms with Gasteiger partial charge in [0.05, 0.1) is 6.04 Å².